The third-order valence-electron chi connectivity index (χ3n) is 16.1. The van der Waals surface area contributed by atoms with E-state index in [2.05, 4.69) is 79.7 Å². The first kappa shape index (κ1) is 68.2. The molecule has 0 unspecified atom stereocenters. The first-order valence-electron chi connectivity index (χ1n) is 32.1. The lowest BCUT2D eigenvalue weighted by molar-refractivity contribution is -0.138. The molecule has 0 amide bonds. The number of carbonyl (C=O) groups is 1. The highest BCUT2D eigenvalue weighted by atomic mass is 28.4. The van der Waals surface area contributed by atoms with Crippen molar-refractivity contribution < 1.29 is 27.5 Å². The molecule has 0 radical (unpaired) electrons. The third-order valence-corrected chi connectivity index (χ3v) is 18.3. The van der Waals surface area contributed by atoms with Crippen LogP contribution in [0, 0.1) is 31.6 Å². The van der Waals surface area contributed by atoms with Gasteiger partial charge in [-0.15, -0.1) is 0 Å². The number of hydrogen-bond acceptors (Lipinski definition) is 6. The van der Waals surface area contributed by atoms with Crippen LogP contribution in [0.4, 0.5) is 0 Å². The molecule has 0 aromatic heterocycles. The lowest BCUT2D eigenvalue weighted by Gasteiger charge is -2.37. The van der Waals surface area contributed by atoms with E-state index < -0.39 is 14.8 Å². The van der Waals surface area contributed by atoms with Crippen LogP contribution in [0.1, 0.15) is 309 Å². The standard InChI is InChI=1S/C67H122O6Si/c1-11-13-15-17-19-21-23-25-27-29-31-33-35-37-39-41-54-69-74(10,70-55-42-40-38-36-34-32-30-28-26-24-22-20-18-16-14-12-2)71-57-65(68)72-64-56-63-51-53-67(9,73-66(63)62(8)61(64)7)52-45-50-60(6)49-44-48-59(5)47-43-46-58(3)4/h25-28,56,58-60H,11-24,29-55,57H2,1-10H3/b27-25-,28-26-/t59-,60-,67-/m1/s1. The quantitative estimate of drug-likeness (QED) is 0.0213. The highest BCUT2D eigenvalue weighted by molar-refractivity contribution is 6.59. The Morgan fingerprint density at radius 3 is 1.45 bits per heavy atom. The fourth-order valence-corrected chi connectivity index (χ4v) is 12.4. The molecule has 2 rings (SSSR count). The molecule has 0 N–H and O–H groups in total. The van der Waals surface area contributed by atoms with Gasteiger partial charge < -0.3 is 22.8 Å². The molecule has 1 heterocycles. The fraction of sp³-hybridized carbons (Fsp3) is 0.836. The molecular formula is C67H122O6Si. The van der Waals surface area contributed by atoms with Crippen LogP contribution < -0.4 is 9.47 Å². The maximum Gasteiger partial charge on any atom is 0.498 e. The van der Waals surface area contributed by atoms with E-state index in [4.69, 9.17) is 22.8 Å². The van der Waals surface area contributed by atoms with Crippen molar-refractivity contribution >= 4 is 14.8 Å². The van der Waals surface area contributed by atoms with E-state index in [-0.39, 0.29) is 12.2 Å². The second kappa shape index (κ2) is 44.0. The topological polar surface area (TPSA) is 63.2 Å². The Morgan fingerprint density at radius 1 is 0.568 bits per heavy atom. The molecule has 74 heavy (non-hydrogen) atoms. The molecule has 0 aliphatic carbocycles. The van der Waals surface area contributed by atoms with Crippen LogP contribution in [-0.2, 0) is 24.5 Å². The zero-order valence-corrected chi connectivity index (χ0v) is 51.8. The number of unbranched alkanes of at least 4 members (excludes halogenated alkanes) is 24. The average molecular weight is 1050 g/mol. The molecule has 6 nitrogen and oxygen atoms in total. The first-order chi connectivity index (χ1) is 35.8. The number of carbonyl (C=O) groups excluding carboxylic acids is 1. The minimum atomic E-state index is -3.09. The SMILES string of the molecule is CCCCCCCC/C=C\CCCCCCCCO[Si](C)(OCCCCCCCC/C=C\CCCCCCCC)OCC(=O)Oc1cc2c(c(C)c1C)O[C@](C)(CCC[C@H](C)CCC[C@H](C)CCCC(C)C)CC2. The second-order valence-corrected chi connectivity index (χ2v) is 26.8. The summed E-state index contributed by atoms with van der Waals surface area (Å²) in [5.41, 5.74) is 2.96. The molecule has 0 fully saturated rings. The zero-order valence-electron chi connectivity index (χ0n) is 50.8. The van der Waals surface area contributed by atoms with Crippen LogP contribution >= 0.6 is 0 Å². The van der Waals surface area contributed by atoms with Crippen molar-refractivity contribution in [1.82, 2.24) is 0 Å². The molecule has 0 saturated carbocycles. The van der Waals surface area contributed by atoms with E-state index in [1.54, 1.807) is 0 Å². The number of hydrogen-bond donors (Lipinski definition) is 0. The van der Waals surface area contributed by atoms with Gasteiger partial charge in [-0.25, -0.2) is 4.79 Å². The predicted molar refractivity (Wildman–Crippen MR) is 322 cm³/mol. The normalized spacial score (nSPS) is 15.9. The summed E-state index contributed by atoms with van der Waals surface area (Å²) >= 11 is 0. The van der Waals surface area contributed by atoms with Crippen LogP contribution in [0.25, 0.3) is 0 Å². The molecule has 3 atom stereocenters. The fourth-order valence-electron chi connectivity index (χ4n) is 10.7. The minimum Gasteiger partial charge on any atom is -0.487 e. The van der Waals surface area contributed by atoms with Crippen molar-refractivity contribution in [2.75, 3.05) is 19.8 Å². The van der Waals surface area contributed by atoms with E-state index in [0.29, 0.717) is 19.0 Å². The summed E-state index contributed by atoms with van der Waals surface area (Å²) in [7, 11) is -3.09. The lowest BCUT2D eigenvalue weighted by Crippen LogP contribution is -2.45. The van der Waals surface area contributed by atoms with Crippen molar-refractivity contribution in [2.24, 2.45) is 17.8 Å². The van der Waals surface area contributed by atoms with E-state index in [9.17, 15) is 4.79 Å². The number of aryl methyl sites for hydroxylation is 1. The molecule has 1 aliphatic rings. The van der Waals surface area contributed by atoms with Gasteiger partial charge in [0.25, 0.3) is 0 Å². The smallest absolute Gasteiger partial charge is 0.487 e. The molecular weight excluding hydrogens is 929 g/mol. The average Bonchev–Trinajstić information content (AvgIpc) is 3.37. The maximum atomic E-state index is 13.5. The van der Waals surface area contributed by atoms with Gasteiger partial charge in [-0.3, -0.25) is 0 Å². The van der Waals surface area contributed by atoms with E-state index >= 15 is 0 Å². The summed E-state index contributed by atoms with van der Waals surface area (Å²) in [5.74, 6) is 3.59. The Morgan fingerprint density at radius 2 is 0.986 bits per heavy atom. The van der Waals surface area contributed by atoms with Crippen LogP contribution in [0.5, 0.6) is 11.5 Å². The van der Waals surface area contributed by atoms with Gasteiger partial charge in [-0.05, 0) is 151 Å². The van der Waals surface area contributed by atoms with Gasteiger partial charge in [0, 0.05) is 19.8 Å². The molecule has 0 saturated heterocycles. The van der Waals surface area contributed by atoms with Gasteiger partial charge >= 0.3 is 14.8 Å². The summed E-state index contributed by atoms with van der Waals surface area (Å²) < 4.78 is 32.1. The van der Waals surface area contributed by atoms with Crippen molar-refractivity contribution in [3.05, 3.63) is 47.1 Å². The summed E-state index contributed by atoms with van der Waals surface area (Å²) in [6.07, 6.45) is 58.8. The molecule has 1 aliphatic heterocycles. The van der Waals surface area contributed by atoms with Crippen LogP contribution in [-0.4, -0.2) is 40.2 Å². The summed E-state index contributed by atoms with van der Waals surface area (Å²) in [4.78, 5) is 13.5. The summed E-state index contributed by atoms with van der Waals surface area (Å²) in [5, 5.41) is 0. The maximum absolute atomic E-state index is 13.5. The van der Waals surface area contributed by atoms with Gasteiger partial charge in [0.1, 0.15) is 23.7 Å². The predicted octanol–water partition coefficient (Wildman–Crippen LogP) is 21.4. The molecule has 0 bridgehead atoms. The highest BCUT2D eigenvalue weighted by Gasteiger charge is 2.37. The Bertz CT molecular complexity index is 1530. The van der Waals surface area contributed by atoms with Gasteiger partial charge in [-0.2, -0.15) is 0 Å². The number of allylic oxidation sites excluding steroid dienone is 4. The minimum absolute atomic E-state index is 0.177. The lowest BCUT2D eigenvalue weighted by atomic mass is 9.85. The molecule has 7 heteroatoms. The monoisotopic (exact) mass is 1050 g/mol. The van der Waals surface area contributed by atoms with E-state index in [1.165, 1.54) is 205 Å². The number of rotatable bonds is 50. The number of benzene rings is 1. The van der Waals surface area contributed by atoms with Gasteiger partial charge in [0.05, 0.1) is 0 Å². The van der Waals surface area contributed by atoms with Crippen molar-refractivity contribution in [1.29, 1.82) is 0 Å². The Labute approximate surface area is 461 Å². The van der Waals surface area contributed by atoms with E-state index in [0.717, 1.165) is 85.1 Å². The van der Waals surface area contributed by atoms with Crippen molar-refractivity contribution in [3.63, 3.8) is 0 Å². The summed E-state index contributed by atoms with van der Waals surface area (Å²) in [6, 6.07) is 2.03. The molecule has 430 valence electrons. The second-order valence-electron chi connectivity index (χ2n) is 24.2. The number of fused-ring (bicyclic) bond motifs is 1. The summed E-state index contributed by atoms with van der Waals surface area (Å²) in [6.45, 7) is 23.5. The zero-order chi connectivity index (χ0) is 54.0. The van der Waals surface area contributed by atoms with Crippen LogP contribution in [0.3, 0.4) is 0 Å². The van der Waals surface area contributed by atoms with E-state index in [1.807, 2.05) is 19.5 Å². The molecule has 1 aromatic carbocycles. The number of ether oxygens (including phenoxy) is 2. The van der Waals surface area contributed by atoms with Crippen LogP contribution in [0.15, 0.2) is 30.4 Å². The largest absolute Gasteiger partial charge is 0.498 e. The van der Waals surface area contributed by atoms with Gasteiger partial charge in [-0.1, -0.05) is 226 Å². The van der Waals surface area contributed by atoms with Crippen molar-refractivity contribution in [2.45, 2.75) is 325 Å². The van der Waals surface area contributed by atoms with Crippen LogP contribution in [0.2, 0.25) is 6.55 Å². The third kappa shape index (κ3) is 34.8. The van der Waals surface area contributed by atoms with Crippen molar-refractivity contribution in [3.8, 4) is 11.5 Å². The van der Waals surface area contributed by atoms with Gasteiger partial charge in [0.2, 0.25) is 0 Å². The first-order valence-corrected chi connectivity index (χ1v) is 34.3. The highest BCUT2D eigenvalue weighted by Crippen LogP contribution is 2.42. The Balaban J connectivity index is 1.82. The Hall–Kier alpha value is -1.93. The number of esters is 1. The Kier molecular flexibility index (Phi) is 40.5. The molecule has 1 aromatic rings. The molecule has 0 spiro atoms. The van der Waals surface area contributed by atoms with Gasteiger partial charge in [0.15, 0.2) is 0 Å².